The van der Waals surface area contributed by atoms with E-state index in [4.69, 9.17) is 5.73 Å². The van der Waals surface area contributed by atoms with Gasteiger partial charge in [0.2, 0.25) is 5.78 Å². The lowest BCUT2D eigenvalue weighted by molar-refractivity contribution is 0.0990. The third-order valence-corrected chi connectivity index (χ3v) is 3.22. The molecule has 2 N–H and O–H groups in total. The second-order valence-electron chi connectivity index (χ2n) is 4.36. The van der Waals surface area contributed by atoms with Gasteiger partial charge in [-0.25, -0.2) is 0 Å². The lowest BCUT2D eigenvalue weighted by Gasteiger charge is -2.18. The highest BCUT2D eigenvalue weighted by molar-refractivity contribution is 6.40. The molecule has 0 heterocycles. The average molecular weight is 249 g/mol. The zero-order chi connectivity index (χ0) is 13.4. The molecule has 0 aliphatic heterocycles. The average Bonchev–Trinajstić information content (AvgIpc) is 2.46. The summed E-state index contributed by atoms with van der Waals surface area (Å²) >= 11 is 0. The molecule has 0 radical (unpaired) electrons. The summed E-state index contributed by atoms with van der Waals surface area (Å²) in [6, 6.07) is 15.8. The highest BCUT2D eigenvalue weighted by atomic mass is 16.1. The van der Waals surface area contributed by atoms with E-state index in [0.29, 0.717) is 22.3 Å². The molecule has 0 saturated heterocycles. The van der Waals surface area contributed by atoms with E-state index in [1.54, 1.807) is 36.4 Å². The number of Topliss-reactive ketones (excluding diaryl/α,β-unsaturated/α-hetero) is 2. The van der Waals surface area contributed by atoms with Crippen LogP contribution in [0.25, 0.3) is 5.57 Å². The van der Waals surface area contributed by atoms with Gasteiger partial charge in [-0.2, -0.15) is 0 Å². The Hall–Kier alpha value is -2.68. The van der Waals surface area contributed by atoms with Gasteiger partial charge in [-0.05, 0) is 5.56 Å². The van der Waals surface area contributed by atoms with Gasteiger partial charge in [0, 0.05) is 11.1 Å². The van der Waals surface area contributed by atoms with Gasteiger partial charge in [-0.15, -0.1) is 0 Å². The van der Waals surface area contributed by atoms with Gasteiger partial charge in [0.05, 0.1) is 11.3 Å². The third-order valence-electron chi connectivity index (χ3n) is 3.22. The number of benzene rings is 2. The molecule has 1 aliphatic carbocycles. The topological polar surface area (TPSA) is 60.2 Å². The highest BCUT2D eigenvalue weighted by Gasteiger charge is 2.30. The van der Waals surface area contributed by atoms with Crippen LogP contribution in [0.15, 0.2) is 60.3 Å². The van der Waals surface area contributed by atoms with Crippen molar-refractivity contribution in [2.75, 3.05) is 0 Å². The molecule has 19 heavy (non-hydrogen) atoms. The Bertz CT molecular complexity index is 715. The van der Waals surface area contributed by atoms with Crippen LogP contribution >= 0.6 is 0 Å². The Balaban J connectivity index is 2.25. The second-order valence-corrected chi connectivity index (χ2v) is 4.36. The van der Waals surface area contributed by atoms with E-state index >= 15 is 0 Å². The summed E-state index contributed by atoms with van der Waals surface area (Å²) in [6.45, 7) is 0. The van der Waals surface area contributed by atoms with Crippen molar-refractivity contribution in [3.8, 4) is 0 Å². The quantitative estimate of drug-likeness (QED) is 0.844. The van der Waals surface area contributed by atoms with Gasteiger partial charge >= 0.3 is 0 Å². The Labute approximate surface area is 110 Å². The fraction of sp³-hybridized carbons (Fsp3) is 0. The van der Waals surface area contributed by atoms with Gasteiger partial charge in [0.25, 0.3) is 0 Å². The lowest BCUT2D eigenvalue weighted by Crippen LogP contribution is -2.25. The normalized spacial score (nSPS) is 14.5. The van der Waals surface area contributed by atoms with Gasteiger partial charge < -0.3 is 5.73 Å². The Morgan fingerprint density at radius 3 is 1.84 bits per heavy atom. The van der Waals surface area contributed by atoms with Crippen molar-refractivity contribution >= 4 is 17.1 Å². The maximum absolute atomic E-state index is 12.5. The molecule has 1 aliphatic rings. The number of carbonyl (C=O) groups is 2. The number of ketones is 2. The molecule has 2 aromatic rings. The molecule has 92 valence electrons. The Kier molecular flexibility index (Phi) is 2.53. The summed E-state index contributed by atoms with van der Waals surface area (Å²) < 4.78 is 0. The van der Waals surface area contributed by atoms with Crippen LogP contribution in [0.2, 0.25) is 0 Å². The number of rotatable bonds is 1. The lowest BCUT2D eigenvalue weighted by atomic mass is 9.84. The molecule has 0 saturated carbocycles. The van der Waals surface area contributed by atoms with E-state index < -0.39 is 0 Å². The fourth-order valence-electron chi connectivity index (χ4n) is 2.29. The number of fused-ring (bicyclic) bond motifs is 1. The standard InChI is InChI=1S/C16H11NO2/c17-14-13(10-6-2-1-3-7-10)15(18)11-8-4-5-9-12(11)16(14)19/h1-9H,17H2. The first kappa shape index (κ1) is 11.4. The molecule has 3 nitrogen and oxygen atoms in total. The predicted octanol–water partition coefficient (Wildman–Crippen LogP) is 2.44. The van der Waals surface area contributed by atoms with Crippen molar-refractivity contribution in [3.63, 3.8) is 0 Å². The second kappa shape index (κ2) is 4.21. The largest absolute Gasteiger partial charge is 0.395 e. The van der Waals surface area contributed by atoms with Crippen LogP contribution in [0.3, 0.4) is 0 Å². The third kappa shape index (κ3) is 1.67. The summed E-state index contributed by atoms with van der Waals surface area (Å²) in [5, 5.41) is 0. The van der Waals surface area contributed by atoms with Crippen molar-refractivity contribution < 1.29 is 9.59 Å². The summed E-state index contributed by atoms with van der Waals surface area (Å²) in [5.74, 6) is -0.479. The molecular weight excluding hydrogens is 238 g/mol. The Morgan fingerprint density at radius 2 is 1.21 bits per heavy atom. The molecule has 3 rings (SSSR count). The molecule has 0 atom stereocenters. The first-order valence-electron chi connectivity index (χ1n) is 5.93. The number of hydrogen-bond donors (Lipinski definition) is 1. The van der Waals surface area contributed by atoms with Crippen molar-refractivity contribution in [1.82, 2.24) is 0 Å². The molecular formula is C16H11NO2. The smallest absolute Gasteiger partial charge is 0.210 e. The zero-order valence-corrected chi connectivity index (χ0v) is 10.1. The molecule has 0 aromatic heterocycles. The highest BCUT2D eigenvalue weighted by Crippen LogP contribution is 2.29. The van der Waals surface area contributed by atoms with E-state index in [0.717, 1.165) is 0 Å². The van der Waals surface area contributed by atoms with E-state index in [1.165, 1.54) is 0 Å². The molecule has 0 spiro atoms. The van der Waals surface area contributed by atoms with Crippen LogP contribution < -0.4 is 5.73 Å². The van der Waals surface area contributed by atoms with Crippen molar-refractivity contribution in [2.24, 2.45) is 5.73 Å². The van der Waals surface area contributed by atoms with Crippen LogP contribution in [0.5, 0.6) is 0 Å². The van der Waals surface area contributed by atoms with Crippen LogP contribution in [0.4, 0.5) is 0 Å². The first-order chi connectivity index (χ1) is 9.20. The zero-order valence-electron chi connectivity index (χ0n) is 10.1. The fourth-order valence-corrected chi connectivity index (χ4v) is 2.29. The summed E-state index contributed by atoms with van der Waals surface area (Å²) in [6.07, 6.45) is 0. The SMILES string of the molecule is NC1=C(c2ccccc2)C(=O)c2ccccc2C1=O. The van der Waals surface area contributed by atoms with Crippen molar-refractivity contribution in [3.05, 3.63) is 77.0 Å². The van der Waals surface area contributed by atoms with E-state index in [1.807, 2.05) is 18.2 Å². The monoisotopic (exact) mass is 249 g/mol. The van der Waals surface area contributed by atoms with Crippen LogP contribution in [-0.2, 0) is 0 Å². The molecule has 0 unspecified atom stereocenters. The van der Waals surface area contributed by atoms with Gasteiger partial charge in [0.15, 0.2) is 5.78 Å². The molecule has 3 heteroatoms. The van der Waals surface area contributed by atoms with Crippen LogP contribution in [0.1, 0.15) is 26.3 Å². The summed E-state index contributed by atoms with van der Waals surface area (Å²) in [4.78, 5) is 24.7. The molecule has 2 aromatic carbocycles. The van der Waals surface area contributed by atoms with E-state index in [-0.39, 0.29) is 17.3 Å². The van der Waals surface area contributed by atoms with Gasteiger partial charge in [-0.3, -0.25) is 9.59 Å². The van der Waals surface area contributed by atoms with E-state index in [9.17, 15) is 9.59 Å². The van der Waals surface area contributed by atoms with E-state index in [2.05, 4.69) is 0 Å². The summed E-state index contributed by atoms with van der Waals surface area (Å²) in [7, 11) is 0. The first-order valence-corrected chi connectivity index (χ1v) is 5.93. The van der Waals surface area contributed by atoms with Crippen molar-refractivity contribution in [1.29, 1.82) is 0 Å². The summed E-state index contributed by atoms with van der Waals surface area (Å²) in [5.41, 5.74) is 7.66. The number of allylic oxidation sites excluding steroid dienone is 2. The maximum Gasteiger partial charge on any atom is 0.210 e. The molecule has 0 fully saturated rings. The number of hydrogen-bond acceptors (Lipinski definition) is 3. The molecule has 0 bridgehead atoms. The maximum atomic E-state index is 12.5. The van der Waals surface area contributed by atoms with Gasteiger partial charge in [-0.1, -0.05) is 54.6 Å². The van der Waals surface area contributed by atoms with Crippen LogP contribution in [-0.4, -0.2) is 11.6 Å². The Morgan fingerprint density at radius 1 is 0.684 bits per heavy atom. The minimum absolute atomic E-state index is 0.0231. The minimum Gasteiger partial charge on any atom is -0.395 e. The van der Waals surface area contributed by atoms with Crippen molar-refractivity contribution in [2.45, 2.75) is 0 Å². The number of carbonyl (C=O) groups excluding carboxylic acids is 2. The predicted molar refractivity (Wildman–Crippen MR) is 72.7 cm³/mol. The van der Waals surface area contributed by atoms with Gasteiger partial charge in [0.1, 0.15) is 0 Å². The minimum atomic E-state index is -0.283. The number of nitrogens with two attached hydrogens (primary N) is 1. The molecule has 0 amide bonds. The van der Waals surface area contributed by atoms with Crippen LogP contribution in [0, 0.1) is 0 Å².